The molecule has 17 heavy (non-hydrogen) atoms. The van der Waals surface area contributed by atoms with Gasteiger partial charge in [-0.1, -0.05) is 6.42 Å². The predicted octanol–water partition coefficient (Wildman–Crippen LogP) is 2.93. The Kier molecular flexibility index (Phi) is 4.17. The van der Waals surface area contributed by atoms with Crippen molar-refractivity contribution >= 4 is 11.3 Å². The fourth-order valence-electron chi connectivity index (χ4n) is 2.58. The van der Waals surface area contributed by atoms with Crippen LogP contribution in [-0.4, -0.2) is 22.0 Å². The van der Waals surface area contributed by atoms with Gasteiger partial charge < -0.3 is 5.73 Å². The van der Waals surface area contributed by atoms with E-state index in [1.165, 1.54) is 25.0 Å². The summed E-state index contributed by atoms with van der Waals surface area (Å²) in [6.45, 7) is 7.63. The van der Waals surface area contributed by atoms with E-state index in [1.54, 1.807) is 11.3 Å². The lowest BCUT2D eigenvalue weighted by Crippen LogP contribution is -2.43. The Morgan fingerprint density at radius 2 is 2.12 bits per heavy atom. The van der Waals surface area contributed by atoms with E-state index in [0.717, 1.165) is 11.6 Å². The van der Waals surface area contributed by atoms with Crippen LogP contribution in [0.15, 0.2) is 5.38 Å². The average Bonchev–Trinajstić information content (AvgIpc) is 2.72. The lowest BCUT2D eigenvalue weighted by Gasteiger charge is -2.38. The second-order valence-corrected chi connectivity index (χ2v) is 6.16. The van der Waals surface area contributed by atoms with Crippen molar-refractivity contribution in [2.24, 2.45) is 5.73 Å². The van der Waals surface area contributed by atoms with E-state index in [-0.39, 0.29) is 6.04 Å². The zero-order valence-corrected chi connectivity index (χ0v) is 11.8. The molecule has 0 aromatic carbocycles. The van der Waals surface area contributed by atoms with Crippen LogP contribution in [0.1, 0.15) is 56.8 Å². The number of nitrogens with zero attached hydrogens (tertiary/aromatic N) is 2. The quantitative estimate of drug-likeness (QED) is 0.900. The summed E-state index contributed by atoms with van der Waals surface area (Å²) < 4.78 is 0. The normalized spacial score (nSPS) is 28.2. The molecule has 1 saturated heterocycles. The molecule has 4 heteroatoms. The van der Waals surface area contributed by atoms with Gasteiger partial charge in [-0.15, -0.1) is 11.3 Å². The van der Waals surface area contributed by atoms with Gasteiger partial charge in [0.15, 0.2) is 0 Å². The predicted molar refractivity (Wildman–Crippen MR) is 73.0 cm³/mol. The number of hydrogen-bond acceptors (Lipinski definition) is 4. The largest absolute Gasteiger partial charge is 0.322 e. The molecule has 0 amide bonds. The summed E-state index contributed by atoms with van der Waals surface area (Å²) in [6.07, 6.45) is 3.99. The van der Waals surface area contributed by atoms with Crippen LogP contribution in [0.25, 0.3) is 0 Å². The molecule has 3 atom stereocenters. The molecular formula is C13H23N3S. The number of rotatable bonds is 3. The first-order valence-electron chi connectivity index (χ1n) is 6.53. The zero-order chi connectivity index (χ0) is 12.4. The summed E-state index contributed by atoms with van der Waals surface area (Å²) in [6, 6.07) is 1.42. The van der Waals surface area contributed by atoms with Crippen LogP contribution in [0.5, 0.6) is 0 Å². The van der Waals surface area contributed by atoms with Gasteiger partial charge in [0.1, 0.15) is 5.01 Å². The number of likely N-dealkylation sites (tertiary alicyclic amines) is 1. The molecular weight excluding hydrogens is 230 g/mol. The lowest BCUT2D eigenvalue weighted by atomic mass is 9.97. The van der Waals surface area contributed by atoms with Gasteiger partial charge in [0.2, 0.25) is 0 Å². The van der Waals surface area contributed by atoms with Gasteiger partial charge in [0.25, 0.3) is 0 Å². The maximum atomic E-state index is 5.85. The Bertz CT molecular complexity index is 351. The molecule has 96 valence electrons. The van der Waals surface area contributed by atoms with Gasteiger partial charge >= 0.3 is 0 Å². The van der Waals surface area contributed by atoms with Gasteiger partial charge in [0, 0.05) is 24.0 Å². The Balaban J connectivity index is 2.03. The van der Waals surface area contributed by atoms with Crippen molar-refractivity contribution in [2.75, 3.05) is 0 Å². The molecule has 1 aliphatic rings. The van der Waals surface area contributed by atoms with Crippen molar-refractivity contribution in [2.45, 2.75) is 64.7 Å². The second-order valence-electron chi connectivity index (χ2n) is 5.27. The topological polar surface area (TPSA) is 42.1 Å². The highest BCUT2D eigenvalue weighted by Gasteiger charge is 2.25. The molecule has 2 rings (SSSR count). The standard InChI is InChI=1S/C13H23N3S/c1-9-5-4-6-10(2)16(9)7-12-8-17-13(15-12)11(3)14/h8-11H,4-7,14H2,1-3H3. The van der Waals surface area contributed by atoms with Crippen molar-refractivity contribution < 1.29 is 0 Å². The van der Waals surface area contributed by atoms with Crippen molar-refractivity contribution in [3.8, 4) is 0 Å². The van der Waals surface area contributed by atoms with Crippen LogP contribution in [0.2, 0.25) is 0 Å². The first-order chi connectivity index (χ1) is 8.08. The molecule has 0 spiro atoms. The summed E-state index contributed by atoms with van der Waals surface area (Å²) in [5.41, 5.74) is 7.03. The van der Waals surface area contributed by atoms with Crippen LogP contribution >= 0.6 is 11.3 Å². The molecule has 1 aliphatic heterocycles. The molecule has 0 saturated carbocycles. The minimum absolute atomic E-state index is 0.0601. The SMILES string of the molecule is CC(N)c1nc(CN2C(C)CCCC2C)cs1. The smallest absolute Gasteiger partial charge is 0.109 e. The van der Waals surface area contributed by atoms with E-state index < -0.39 is 0 Å². The highest BCUT2D eigenvalue weighted by atomic mass is 32.1. The number of aromatic nitrogens is 1. The highest BCUT2D eigenvalue weighted by molar-refractivity contribution is 7.09. The Hall–Kier alpha value is -0.450. The molecule has 3 unspecified atom stereocenters. The van der Waals surface area contributed by atoms with Crippen LogP contribution in [0, 0.1) is 0 Å². The first-order valence-corrected chi connectivity index (χ1v) is 7.41. The van der Waals surface area contributed by atoms with Gasteiger partial charge in [-0.3, -0.25) is 4.90 Å². The molecule has 1 fully saturated rings. The average molecular weight is 253 g/mol. The molecule has 3 nitrogen and oxygen atoms in total. The van der Waals surface area contributed by atoms with E-state index >= 15 is 0 Å². The fourth-order valence-corrected chi connectivity index (χ4v) is 3.35. The molecule has 1 aromatic heterocycles. The van der Waals surface area contributed by atoms with Crippen molar-refractivity contribution in [1.82, 2.24) is 9.88 Å². The third-order valence-corrected chi connectivity index (χ3v) is 4.77. The number of piperidine rings is 1. The Morgan fingerprint density at radius 1 is 1.47 bits per heavy atom. The zero-order valence-electron chi connectivity index (χ0n) is 11.0. The second kappa shape index (κ2) is 5.46. The number of nitrogens with two attached hydrogens (primary N) is 1. The van der Waals surface area contributed by atoms with E-state index in [0.29, 0.717) is 12.1 Å². The first kappa shape index (κ1) is 13.0. The number of hydrogen-bond donors (Lipinski definition) is 1. The van der Waals surface area contributed by atoms with Crippen molar-refractivity contribution in [3.63, 3.8) is 0 Å². The Labute approximate surface area is 108 Å². The maximum absolute atomic E-state index is 5.85. The molecule has 0 radical (unpaired) electrons. The summed E-state index contributed by atoms with van der Waals surface area (Å²) in [5, 5.41) is 3.21. The minimum Gasteiger partial charge on any atom is -0.322 e. The van der Waals surface area contributed by atoms with Crippen LogP contribution in [-0.2, 0) is 6.54 Å². The minimum atomic E-state index is 0.0601. The van der Waals surface area contributed by atoms with E-state index in [1.807, 2.05) is 6.92 Å². The van der Waals surface area contributed by atoms with Gasteiger partial charge in [-0.2, -0.15) is 0 Å². The third kappa shape index (κ3) is 3.06. The molecule has 0 aliphatic carbocycles. The lowest BCUT2D eigenvalue weighted by molar-refractivity contribution is 0.0940. The fraction of sp³-hybridized carbons (Fsp3) is 0.769. The molecule has 1 aromatic rings. The van der Waals surface area contributed by atoms with Crippen LogP contribution in [0.4, 0.5) is 0 Å². The monoisotopic (exact) mass is 253 g/mol. The maximum Gasteiger partial charge on any atom is 0.109 e. The summed E-state index contributed by atoms with van der Waals surface area (Å²) >= 11 is 1.69. The van der Waals surface area contributed by atoms with E-state index in [4.69, 9.17) is 5.73 Å². The number of thiazole rings is 1. The van der Waals surface area contributed by atoms with Crippen LogP contribution < -0.4 is 5.73 Å². The molecule has 0 bridgehead atoms. The Morgan fingerprint density at radius 3 is 2.65 bits per heavy atom. The van der Waals surface area contributed by atoms with E-state index in [2.05, 4.69) is 29.1 Å². The summed E-state index contributed by atoms with van der Waals surface area (Å²) in [5.74, 6) is 0. The van der Waals surface area contributed by atoms with E-state index in [9.17, 15) is 0 Å². The van der Waals surface area contributed by atoms with Gasteiger partial charge in [-0.25, -0.2) is 4.98 Å². The highest BCUT2D eigenvalue weighted by Crippen LogP contribution is 2.25. The van der Waals surface area contributed by atoms with Gasteiger partial charge in [-0.05, 0) is 33.6 Å². The summed E-state index contributed by atoms with van der Waals surface area (Å²) in [7, 11) is 0. The van der Waals surface area contributed by atoms with Gasteiger partial charge in [0.05, 0.1) is 11.7 Å². The van der Waals surface area contributed by atoms with Crippen molar-refractivity contribution in [3.05, 3.63) is 16.1 Å². The third-order valence-electron chi connectivity index (χ3n) is 3.68. The van der Waals surface area contributed by atoms with Crippen LogP contribution in [0.3, 0.4) is 0 Å². The van der Waals surface area contributed by atoms with Crippen molar-refractivity contribution in [1.29, 1.82) is 0 Å². The molecule has 2 N–H and O–H groups in total. The summed E-state index contributed by atoms with van der Waals surface area (Å²) in [4.78, 5) is 7.20. The molecule has 2 heterocycles.